The van der Waals surface area contributed by atoms with Crippen LogP contribution in [-0.4, -0.2) is 43.0 Å². The number of morpholine rings is 1. The van der Waals surface area contributed by atoms with E-state index in [1.165, 1.54) is 5.56 Å². The minimum atomic E-state index is 0.231. The van der Waals surface area contributed by atoms with Crippen LogP contribution in [0.1, 0.15) is 29.3 Å². The van der Waals surface area contributed by atoms with Gasteiger partial charge in [0.2, 0.25) is 0 Å². The zero-order valence-corrected chi connectivity index (χ0v) is 11.2. The van der Waals surface area contributed by atoms with Gasteiger partial charge in [0.1, 0.15) is 0 Å². The fourth-order valence-electron chi connectivity index (χ4n) is 2.27. The second-order valence-electron chi connectivity index (χ2n) is 4.99. The molecule has 0 bridgehead atoms. The highest BCUT2D eigenvalue weighted by molar-refractivity contribution is 5.96. The number of carbonyl (C=O) groups excluding carboxylic acids is 1. The topological polar surface area (TPSA) is 29.5 Å². The highest BCUT2D eigenvalue weighted by Crippen LogP contribution is 2.12. The summed E-state index contributed by atoms with van der Waals surface area (Å²) in [6.07, 6.45) is 0.586. The van der Waals surface area contributed by atoms with E-state index in [1.807, 2.05) is 31.2 Å². The molecule has 1 fully saturated rings. The van der Waals surface area contributed by atoms with Crippen LogP contribution >= 0.6 is 0 Å². The molecule has 1 aliphatic rings. The molecule has 1 atom stereocenters. The Bertz CT molecular complexity index is 393. The Morgan fingerprint density at radius 2 is 1.89 bits per heavy atom. The minimum Gasteiger partial charge on any atom is -0.379 e. The SMILES string of the molecule is Cc1ccc(C(=O)CC(C)N2CCOCC2)cc1. The van der Waals surface area contributed by atoms with E-state index in [2.05, 4.69) is 11.8 Å². The normalized spacial score (nSPS) is 18.6. The second kappa shape index (κ2) is 6.12. The third-order valence-corrected chi connectivity index (χ3v) is 3.52. The van der Waals surface area contributed by atoms with Crippen molar-refractivity contribution in [3.63, 3.8) is 0 Å². The van der Waals surface area contributed by atoms with Crippen LogP contribution in [0.15, 0.2) is 24.3 Å². The molecule has 1 aromatic carbocycles. The fraction of sp³-hybridized carbons (Fsp3) is 0.533. The highest BCUT2D eigenvalue weighted by atomic mass is 16.5. The van der Waals surface area contributed by atoms with Gasteiger partial charge in [-0.05, 0) is 13.8 Å². The minimum absolute atomic E-state index is 0.231. The van der Waals surface area contributed by atoms with Gasteiger partial charge in [-0.25, -0.2) is 0 Å². The van der Waals surface area contributed by atoms with Crippen molar-refractivity contribution in [1.82, 2.24) is 4.90 Å². The number of carbonyl (C=O) groups is 1. The first-order valence-electron chi connectivity index (χ1n) is 6.58. The molecular weight excluding hydrogens is 226 g/mol. The van der Waals surface area contributed by atoms with Crippen molar-refractivity contribution in [2.45, 2.75) is 26.3 Å². The summed E-state index contributed by atoms with van der Waals surface area (Å²) >= 11 is 0. The summed E-state index contributed by atoms with van der Waals surface area (Å²) in [6, 6.07) is 8.12. The number of rotatable bonds is 4. The molecule has 0 amide bonds. The second-order valence-corrected chi connectivity index (χ2v) is 4.99. The number of hydrogen-bond donors (Lipinski definition) is 0. The predicted molar refractivity (Wildman–Crippen MR) is 72.0 cm³/mol. The fourth-order valence-corrected chi connectivity index (χ4v) is 2.27. The Hall–Kier alpha value is -1.19. The molecule has 0 aromatic heterocycles. The number of benzene rings is 1. The molecule has 3 nitrogen and oxygen atoms in total. The molecule has 1 unspecified atom stereocenters. The maximum absolute atomic E-state index is 12.2. The molecule has 3 heteroatoms. The lowest BCUT2D eigenvalue weighted by atomic mass is 10.0. The Morgan fingerprint density at radius 3 is 2.50 bits per heavy atom. The molecule has 18 heavy (non-hydrogen) atoms. The van der Waals surface area contributed by atoms with Gasteiger partial charge in [-0.1, -0.05) is 29.8 Å². The molecule has 0 saturated carbocycles. The zero-order valence-electron chi connectivity index (χ0n) is 11.2. The Morgan fingerprint density at radius 1 is 1.28 bits per heavy atom. The highest BCUT2D eigenvalue weighted by Gasteiger charge is 2.19. The molecule has 0 radical (unpaired) electrons. The monoisotopic (exact) mass is 247 g/mol. The number of ketones is 1. The Labute approximate surface area is 109 Å². The van der Waals surface area contributed by atoms with Crippen LogP contribution in [0.4, 0.5) is 0 Å². The van der Waals surface area contributed by atoms with Crippen LogP contribution in [0.3, 0.4) is 0 Å². The van der Waals surface area contributed by atoms with Crippen molar-refractivity contribution in [2.24, 2.45) is 0 Å². The average Bonchev–Trinajstić information content (AvgIpc) is 2.40. The largest absolute Gasteiger partial charge is 0.379 e. The van der Waals surface area contributed by atoms with Gasteiger partial charge < -0.3 is 4.74 Å². The standard InChI is InChI=1S/C15H21NO2/c1-12-3-5-14(6-4-12)15(17)11-13(2)16-7-9-18-10-8-16/h3-6,13H,7-11H2,1-2H3. The van der Waals surface area contributed by atoms with Crippen LogP contribution in [-0.2, 0) is 4.74 Å². The lowest BCUT2D eigenvalue weighted by Crippen LogP contribution is -2.42. The lowest BCUT2D eigenvalue weighted by Gasteiger charge is -2.31. The van der Waals surface area contributed by atoms with E-state index in [0.717, 1.165) is 31.9 Å². The molecule has 1 aliphatic heterocycles. The number of hydrogen-bond acceptors (Lipinski definition) is 3. The Kier molecular flexibility index (Phi) is 4.50. The van der Waals surface area contributed by atoms with Crippen LogP contribution in [0.5, 0.6) is 0 Å². The summed E-state index contributed by atoms with van der Waals surface area (Å²) in [5, 5.41) is 0. The van der Waals surface area contributed by atoms with Crippen molar-refractivity contribution in [2.75, 3.05) is 26.3 Å². The van der Waals surface area contributed by atoms with E-state index in [9.17, 15) is 4.79 Å². The molecule has 0 N–H and O–H groups in total. The lowest BCUT2D eigenvalue weighted by molar-refractivity contribution is 0.0188. The van der Waals surface area contributed by atoms with Crippen molar-refractivity contribution in [3.05, 3.63) is 35.4 Å². The smallest absolute Gasteiger partial charge is 0.164 e. The van der Waals surface area contributed by atoms with Gasteiger partial charge in [-0.2, -0.15) is 0 Å². The van der Waals surface area contributed by atoms with Gasteiger partial charge in [-0.15, -0.1) is 0 Å². The molecule has 1 aromatic rings. The summed E-state index contributed by atoms with van der Waals surface area (Å²) in [4.78, 5) is 14.5. The maximum Gasteiger partial charge on any atom is 0.164 e. The van der Waals surface area contributed by atoms with Crippen molar-refractivity contribution < 1.29 is 9.53 Å². The Balaban J connectivity index is 1.91. The number of nitrogens with zero attached hydrogens (tertiary/aromatic N) is 1. The first kappa shape index (κ1) is 13.2. The quantitative estimate of drug-likeness (QED) is 0.765. The molecule has 1 heterocycles. The van der Waals surface area contributed by atoms with Crippen molar-refractivity contribution in [1.29, 1.82) is 0 Å². The number of Topliss-reactive ketones (excluding diaryl/α,β-unsaturated/α-hetero) is 1. The summed E-state index contributed by atoms with van der Waals surface area (Å²) in [6.45, 7) is 7.58. The van der Waals surface area contributed by atoms with E-state index in [0.29, 0.717) is 12.5 Å². The van der Waals surface area contributed by atoms with Crippen LogP contribution in [0.2, 0.25) is 0 Å². The van der Waals surface area contributed by atoms with Crippen molar-refractivity contribution >= 4 is 5.78 Å². The predicted octanol–water partition coefficient (Wildman–Crippen LogP) is 2.29. The molecule has 1 saturated heterocycles. The van der Waals surface area contributed by atoms with Gasteiger partial charge in [0.15, 0.2) is 5.78 Å². The molecule has 0 aliphatic carbocycles. The third-order valence-electron chi connectivity index (χ3n) is 3.52. The first-order chi connectivity index (χ1) is 8.66. The van der Waals surface area contributed by atoms with Gasteiger partial charge in [0, 0.05) is 31.1 Å². The summed E-state index contributed by atoms with van der Waals surface area (Å²) in [7, 11) is 0. The van der Waals surface area contributed by atoms with Gasteiger partial charge in [0.25, 0.3) is 0 Å². The maximum atomic E-state index is 12.2. The molecule has 0 spiro atoms. The number of aryl methyl sites for hydroxylation is 1. The molecular formula is C15H21NO2. The van der Waals surface area contributed by atoms with Crippen LogP contribution in [0, 0.1) is 6.92 Å². The van der Waals surface area contributed by atoms with Gasteiger partial charge in [-0.3, -0.25) is 9.69 Å². The van der Waals surface area contributed by atoms with Crippen LogP contribution < -0.4 is 0 Å². The van der Waals surface area contributed by atoms with E-state index in [1.54, 1.807) is 0 Å². The van der Waals surface area contributed by atoms with E-state index < -0.39 is 0 Å². The average molecular weight is 247 g/mol. The number of ether oxygens (including phenoxy) is 1. The van der Waals surface area contributed by atoms with Gasteiger partial charge >= 0.3 is 0 Å². The summed E-state index contributed by atoms with van der Waals surface area (Å²) in [5.74, 6) is 0.231. The van der Waals surface area contributed by atoms with E-state index in [4.69, 9.17) is 4.74 Å². The van der Waals surface area contributed by atoms with Crippen molar-refractivity contribution in [3.8, 4) is 0 Å². The molecule has 98 valence electrons. The first-order valence-corrected chi connectivity index (χ1v) is 6.58. The zero-order chi connectivity index (χ0) is 13.0. The summed E-state index contributed by atoms with van der Waals surface area (Å²) in [5.41, 5.74) is 2.01. The summed E-state index contributed by atoms with van der Waals surface area (Å²) < 4.78 is 5.33. The third kappa shape index (κ3) is 3.40. The molecule has 2 rings (SSSR count). The van der Waals surface area contributed by atoms with Gasteiger partial charge in [0.05, 0.1) is 13.2 Å². The van der Waals surface area contributed by atoms with E-state index in [-0.39, 0.29) is 5.78 Å². The van der Waals surface area contributed by atoms with E-state index >= 15 is 0 Å². The van der Waals surface area contributed by atoms with Crippen LogP contribution in [0.25, 0.3) is 0 Å².